The average Bonchev–Trinajstić information content (AvgIpc) is 2.95. The van der Waals surface area contributed by atoms with E-state index in [2.05, 4.69) is 0 Å². The van der Waals surface area contributed by atoms with Crippen LogP contribution in [0.3, 0.4) is 0 Å². The molecule has 0 spiro atoms. The van der Waals surface area contributed by atoms with Crippen LogP contribution in [-0.2, 0) is 0 Å². The minimum absolute atomic E-state index is 0.151. The molecule has 5 nitrogen and oxygen atoms in total. The second-order valence-corrected chi connectivity index (χ2v) is 5.57. The normalized spacial score (nSPS) is 10.2. The fourth-order valence-corrected chi connectivity index (χ4v) is 2.79. The Bertz CT molecular complexity index is 693. The van der Waals surface area contributed by atoms with Gasteiger partial charge in [-0.2, -0.15) is 0 Å². The van der Waals surface area contributed by atoms with Crippen molar-refractivity contribution >= 4 is 28.9 Å². The molecule has 0 saturated carbocycles. The lowest BCUT2D eigenvalue weighted by atomic mass is 10.1. The highest BCUT2D eigenvalue weighted by molar-refractivity contribution is 7.16. The van der Waals surface area contributed by atoms with Gasteiger partial charge >= 0.3 is 5.97 Å². The van der Waals surface area contributed by atoms with Gasteiger partial charge in [0.2, 0.25) is 0 Å². The Labute approximate surface area is 126 Å². The van der Waals surface area contributed by atoms with Gasteiger partial charge in [0, 0.05) is 12.7 Å². The summed E-state index contributed by atoms with van der Waals surface area (Å²) in [6.07, 6.45) is 0. The Hall–Kier alpha value is -2.34. The molecule has 2 aromatic rings. The number of hydrogen-bond acceptors (Lipinski definition) is 4. The molecule has 1 heterocycles. The first-order valence-corrected chi connectivity index (χ1v) is 7.01. The predicted octanol–water partition coefficient (Wildman–Crippen LogP) is 3.04. The summed E-state index contributed by atoms with van der Waals surface area (Å²) < 4.78 is 5.14. The molecule has 0 aliphatic rings. The topological polar surface area (TPSA) is 66.8 Å². The lowest BCUT2D eigenvalue weighted by molar-refractivity contribution is 0.0702. The van der Waals surface area contributed by atoms with Crippen LogP contribution < -0.4 is 9.64 Å². The van der Waals surface area contributed by atoms with Gasteiger partial charge < -0.3 is 14.7 Å². The van der Waals surface area contributed by atoms with E-state index in [0.29, 0.717) is 4.88 Å². The monoisotopic (exact) mass is 305 g/mol. The van der Waals surface area contributed by atoms with Crippen LogP contribution >= 0.6 is 11.3 Å². The summed E-state index contributed by atoms with van der Waals surface area (Å²) in [5.74, 6) is -0.538. The van der Waals surface area contributed by atoms with Gasteiger partial charge in [0.05, 0.1) is 12.0 Å². The molecule has 0 fully saturated rings. The third-order valence-corrected chi connectivity index (χ3v) is 4.16. The number of carbonyl (C=O) groups is 2. The number of carboxylic acid groups (broad SMARTS) is 1. The Balaban J connectivity index is 2.28. The minimum atomic E-state index is -1.03. The summed E-state index contributed by atoms with van der Waals surface area (Å²) in [5.41, 5.74) is 1.66. The number of aryl methyl sites for hydroxylation is 1. The highest BCUT2D eigenvalue weighted by Crippen LogP contribution is 2.26. The maximum absolute atomic E-state index is 12.4. The zero-order chi connectivity index (χ0) is 15.6. The summed E-state index contributed by atoms with van der Waals surface area (Å²) in [4.78, 5) is 25.3. The van der Waals surface area contributed by atoms with Crippen molar-refractivity contribution in [2.75, 3.05) is 19.1 Å². The largest absolute Gasteiger partial charge is 0.497 e. The van der Waals surface area contributed by atoms with Gasteiger partial charge in [-0.15, -0.1) is 11.3 Å². The van der Waals surface area contributed by atoms with Crippen LogP contribution in [0.15, 0.2) is 30.3 Å². The Morgan fingerprint density at radius 2 is 1.86 bits per heavy atom. The van der Waals surface area contributed by atoms with E-state index < -0.39 is 5.97 Å². The number of amides is 1. The first kappa shape index (κ1) is 15.1. The smallest absolute Gasteiger partial charge is 0.345 e. The summed E-state index contributed by atoms with van der Waals surface area (Å²) in [6.45, 7) is 1.89. The Kier molecular flexibility index (Phi) is 4.28. The maximum atomic E-state index is 12.4. The van der Waals surface area contributed by atoms with E-state index in [4.69, 9.17) is 9.84 Å². The van der Waals surface area contributed by atoms with E-state index >= 15 is 0 Å². The molecule has 110 valence electrons. The van der Waals surface area contributed by atoms with Crippen LogP contribution in [0.4, 0.5) is 5.69 Å². The van der Waals surface area contributed by atoms with E-state index in [9.17, 15) is 9.59 Å². The molecule has 1 aromatic carbocycles. The van der Waals surface area contributed by atoms with Crippen molar-refractivity contribution in [2.45, 2.75) is 6.92 Å². The molecular weight excluding hydrogens is 290 g/mol. The molecule has 6 heteroatoms. The van der Waals surface area contributed by atoms with Crippen molar-refractivity contribution in [2.24, 2.45) is 0 Å². The number of carbonyl (C=O) groups excluding carboxylic acids is 1. The number of nitrogens with zero attached hydrogens (tertiary/aromatic N) is 1. The number of rotatable bonds is 4. The van der Waals surface area contributed by atoms with Gasteiger partial charge in [0.1, 0.15) is 10.6 Å². The van der Waals surface area contributed by atoms with E-state index in [0.717, 1.165) is 28.3 Å². The van der Waals surface area contributed by atoms with Crippen molar-refractivity contribution in [1.82, 2.24) is 0 Å². The molecule has 2 rings (SSSR count). The third-order valence-electron chi connectivity index (χ3n) is 3.10. The second-order valence-electron chi connectivity index (χ2n) is 4.49. The average molecular weight is 305 g/mol. The molecule has 0 saturated heterocycles. The molecule has 0 aliphatic heterocycles. The van der Waals surface area contributed by atoms with E-state index in [1.165, 1.54) is 17.0 Å². The molecular formula is C15H15NO4S. The van der Waals surface area contributed by atoms with Gasteiger partial charge in [0.25, 0.3) is 5.91 Å². The summed E-state index contributed by atoms with van der Waals surface area (Å²) >= 11 is 0.970. The second kappa shape index (κ2) is 5.97. The standard InChI is InChI=1S/C15H15NO4S/c1-9-8-10(20-3)4-5-11(9)16(2)14(17)12-6-7-13(21-12)15(18)19/h4-8H,1-3H3,(H,18,19). The Morgan fingerprint density at radius 1 is 1.19 bits per heavy atom. The zero-order valence-corrected chi connectivity index (χ0v) is 12.7. The number of carboxylic acids is 1. The molecule has 0 aliphatic carbocycles. The number of thiophene rings is 1. The molecule has 1 amide bonds. The summed E-state index contributed by atoms with van der Waals surface area (Å²) in [7, 11) is 3.25. The molecule has 0 atom stereocenters. The molecule has 0 unspecified atom stereocenters. The summed E-state index contributed by atoms with van der Waals surface area (Å²) in [5, 5.41) is 8.91. The molecule has 0 radical (unpaired) electrons. The van der Waals surface area contributed by atoms with Crippen molar-refractivity contribution in [3.63, 3.8) is 0 Å². The van der Waals surface area contributed by atoms with Crippen LogP contribution in [0.1, 0.15) is 24.9 Å². The van der Waals surface area contributed by atoms with Gasteiger partial charge in [-0.05, 0) is 42.8 Å². The Morgan fingerprint density at radius 3 is 2.38 bits per heavy atom. The van der Waals surface area contributed by atoms with Crippen molar-refractivity contribution in [3.05, 3.63) is 45.6 Å². The maximum Gasteiger partial charge on any atom is 0.345 e. The third kappa shape index (κ3) is 3.05. The lowest BCUT2D eigenvalue weighted by Gasteiger charge is -2.19. The minimum Gasteiger partial charge on any atom is -0.497 e. The van der Waals surface area contributed by atoms with E-state index in [1.807, 2.05) is 13.0 Å². The quantitative estimate of drug-likeness (QED) is 0.943. The van der Waals surface area contributed by atoms with E-state index in [1.54, 1.807) is 26.3 Å². The number of anilines is 1. The summed E-state index contributed by atoms with van der Waals surface area (Å²) in [6, 6.07) is 8.40. The van der Waals surface area contributed by atoms with Crippen molar-refractivity contribution in [1.29, 1.82) is 0 Å². The molecule has 0 bridgehead atoms. The van der Waals surface area contributed by atoms with Crippen LogP contribution in [0.25, 0.3) is 0 Å². The lowest BCUT2D eigenvalue weighted by Crippen LogP contribution is -2.26. The molecule has 1 aromatic heterocycles. The highest BCUT2D eigenvalue weighted by atomic mass is 32.1. The van der Waals surface area contributed by atoms with Crippen LogP contribution in [0.2, 0.25) is 0 Å². The highest BCUT2D eigenvalue weighted by Gasteiger charge is 2.19. The number of methoxy groups -OCH3 is 1. The molecule has 21 heavy (non-hydrogen) atoms. The predicted molar refractivity (Wildman–Crippen MR) is 81.7 cm³/mol. The zero-order valence-electron chi connectivity index (χ0n) is 11.9. The van der Waals surface area contributed by atoms with Gasteiger partial charge in [-0.3, -0.25) is 4.79 Å². The number of aromatic carboxylic acids is 1. The van der Waals surface area contributed by atoms with Gasteiger partial charge in [0.15, 0.2) is 0 Å². The fourth-order valence-electron chi connectivity index (χ4n) is 1.97. The fraction of sp³-hybridized carbons (Fsp3) is 0.200. The van der Waals surface area contributed by atoms with Gasteiger partial charge in [-0.1, -0.05) is 0 Å². The van der Waals surface area contributed by atoms with Crippen LogP contribution in [0, 0.1) is 6.92 Å². The first-order chi connectivity index (χ1) is 9.93. The van der Waals surface area contributed by atoms with Gasteiger partial charge in [-0.25, -0.2) is 4.79 Å². The van der Waals surface area contributed by atoms with Crippen molar-refractivity contribution in [3.8, 4) is 5.75 Å². The first-order valence-electron chi connectivity index (χ1n) is 6.20. The van der Waals surface area contributed by atoms with Crippen LogP contribution in [-0.4, -0.2) is 31.1 Å². The number of benzene rings is 1. The number of hydrogen-bond donors (Lipinski definition) is 1. The van der Waals surface area contributed by atoms with Crippen LogP contribution in [0.5, 0.6) is 5.75 Å². The molecule has 1 N–H and O–H groups in total. The SMILES string of the molecule is COc1ccc(N(C)C(=O)c2ccc(C(=O)O)s2)c(C)c1. The number of ether oxygens (including phenoxy) is 1. The van der Waals surface area contributed by atoms with Crippen molar-refractivity contribution < 1.29 is 19.4 Å². The van der Waals surface area contributed by atoms with E-state index in [-0.39, 0.29) is 10.8 Å².